The van der Waals surface area contributed by atoms with Crippen LogP contribution in [0.3, 0.4) is 0 Å². The number of benzene rings is 1. The minimum atomic E-state index is -1.23. The Morgan fingerprint density at radius 3 is 2.88 bits per heavy atom. The maximum atomic E-state index is 11.5. The van der Waals surface area contributed by atoms with Crippen LogP contribution in [0.15, 0.2) is 24.3 Å². The van der Waals surface area contributed by atoms with Crippen molar-refractivity contribution < 1.29 is 24.5 Å². The number of alkyl carbamates (subject to hydrolysis) is 1. The van der Waals surface area contributed by atoms with E-state index < -0.39 is 17.8 Å². The molecule has 2 amide bonds. The third kappa shape index (κ3) is 5.02. The lowest BCUT2D eigenvalue weighted by Crippen LogP contribution is -2.48. The normalized spacial score (nSPS) is 19.5. The highest BCUT2D eigenvalue weighted by Gasteiger charge is 2.41. The number of methoxy groups -OCH3 is 1. The highest BCUT2D eigenvalue weighted by Crippen LogP contribution is 2.40. The SMILES string of the molecule is COC(=O)NCCCC(O)(c1cccc(Cl)c1)C1CCCN(C(=O)O)C1. The number of hydrogen-bond donors (Lipinski definition) is 3. The first-order chi connectivity index (χ1) is 12.4. The number of carbonyl (C=O) groups is 2. The van der Waals surface area contributed by atoms with Gasteiger partial charge in [-0.25, -0.2) is 9.59 Å². The molecule has 0 aromatic heterocycles. The lowest BCUT2D eigenvalue weighted by atomic mass is 9.74. The second-order valence-corrected chi connectivity index (χ2v) is 6.96. The fraction of sp³-hybridized carbons (Fsp3) is 0.556. The molecule has 144 valence electrons. The number of rotatable bonds is 6. The molecule has 1 aliphatic heterocycles. The zero-order chi connectivity index (χ0) is 19.2. The Morgan fingerprint density at radius 1 is 1.46 bits per heavy atom. The summed E-state index contributed by atoms with van der Waals surface area (Å²) in [5, 5.41) is 23.9. The number of hydrogen-bond acceptors (Lipinski definition) is 4. The topological polar surface area (TPSA) is 99.1 Å². The molecule has 1 fully saturated rings. The number of halogens is 1. The van der Waals surface area contributed by atoms with Gasteiger partial charge in [0.25, 0.3) is 0 Å². The van der Waals surface area contributed by atoms with Gasteiger partial charge in [0.15, 0.2) is 0 Å². The van der Waals surface area contributed by atoms with E-state index in [0.29, 0.717) is 42.9 Å². The summed E-state index contributed by atoms with van der Waals surface area (Å²) in [5.74, 6) is -0.246. The maximum absolute atomic E-state index is 11.5. The van der Waals surface area contributed by atoms with Gasteiger partial charge in [0.05, 0.1) is 12.7 Å². The zero-order valence-electron chi connectivity index (χ0n) is 14.8. The summed E-state index contributed by atoms with van der Waals surface area (Å²) in [5.41, 5.74) is -0.558. The van der Waals surface area contributed by atoms with Crippen LogP contribution in [-0.4, -0.2) is 54.0 Å². The smallest absolute Gasteiger partial charge is 0.407 e. The van der Waals surface area contributed by atoms with E-state index in [2.05, 4.69) is 10.1 Å². The van der Waals surface area contributed by atoms with E-state index in [-0.39, 0.29) is 12.5 Å². The Labute approximate surface area is 157 Å². The van der Waals surface area contributed by atoms with E-state index in [0.717, 1.165) is 6.42 Å². The Bertz CT molecular complexity index is 642. The van der Waals surface area contributed by atoms with Crippen LogP contribution in [0.5, 0.6) is 0 Å². The first-order valence-electron chi connectivity index (χ1n) is 8.65. The van der Waals surface area contributed by atoms with Crippen LogP contribution < -0.4 is 5.32 Å². The minimum absolute atomic E-state index is 0.246. The van der Waals surface area contributed by atoms with Gasteiger partial charge in [-0.15, -0.1) is 0 Å². The van der Waals surface area contributed by atoms with Gasteiger partial charge in [-0.05, 0) is 43.4 Å². The fourth-order valence-corrected chi connectivity index (χ4v) is 3.69. The summed E-state index contributed by atoms with van der Waals surface area (Å²) >= 11 is 6.10. The lowest BCUT2D eigenvalue weighted by molar-refractivity contribution is -0.0574. The highest BCUT2D eigenvalue weighted by molar-refractivity contribution is 6.30. The molecule has 0 radical (unpaired) electrons. The van der Waals surface area contributed by atoms with Gasteiger partial charge in [-0.1, -0.05) is 23.7 Å². The number of piperidine rings is 1. The highest BCUT2D eigenvalue weighted by atomic mass is 35.5. The molecule has 1 aromatic rings. The van der Waals surface area contributed by atoms with Gasteiger partial charge in [-0.2, -0.15) is 0 Å². The average Bonchev–Trinajstić information content (AvgIpc) is 2.64. The van der Waals surface area contributed by atoms with Gasteiger partial charge < -0.3 is 25.2 Å². The quantitative estimate of drug-likeness (QED) is 0.654. The number of likely N-dealkylation sites (tertiary alicyclic amines) is 1. The predicted molar refractivity (Wildman–Crippen MR) is 97.3 cm³/mol. The molecular formula is C18H25ClN2O5. The standard InChI is InChI=1S/C18H25ClN2O5/c1-26-16(22)20-9-4-8-18(25,13-5-2-7-15(19)11-13)14-6-3-10-21(12-14)17(23)24/h2,5,7,11,14,25H,3-4,6,8-10,12H2,1H3,(H,20,22)(H,23,24). The number of nitrogens with zero attached hydrogens (tertiary/aromatic N) is 1. The summed E-state index contributed by atoms with van der Waals surface area (Å²) in [7, 11) is 1.29. The fourth-order valence-electron chi connectivity index (χ4n) is 3.50. The van der Waals surface area contributed by atoms with Crippen LogP contribution in [0, 0.1) is 5.92 Å². The minimum Gasteiger partial charge on any atom is -0.465 e. The van der Waals surface area contributed by atoms with Gasteiger partial charge >= 0.3 is 12.2 Å². The van der Waals surface area contributed by atoms with Crippen LogP contribution in [0.2, 0.25) is 5.02 Å². The van der Waals surface area contributed by atoms with Crippen molar-refractivity contribution in [1.82, 2.24) is 10.2 Å². The Morgan fingerprint density at radius 2 is 2.23 bits per heavy atom. The molecule has 0 aliphatic carbocycles. The Kier molecular flexibility index (Phi) is 7.11. The molecule has 26 heavy (non-hydrogen) atoms. The molecule has 0 bridgehead atoms. The molecule has 1 heterocycles. The van der Waals surface area contributed by atoms with Crippen molar-refractivity contribution in [2.75, 3.05) is 26.7 Å². The largest absolute Gasteiger partial charge is 0.465 e. The van der Waals surface area contributed by atoms with Crippen molar-refractivity contribution in [1.29, 1.82) is 0 Å². The molecule has 1 saturated heterocycles. The summed E-state index contributed by atoms with van der Waals surface area (Å²) in [6.07, 6.45) is 0.802. The van der Waals surface area contributed by atoms with E-state index in [1.165, 1.54) is 12.0 Å². The summed E-state index contributed by atoms with van der Waals surface area (Å²) in [6.45, 7) is 1.09. The van der Waals surface area contributed by atoms with Crippen LogP contribution >= 0.6 is 11.6 Å². The molecule has 2 atom stereocenters. The molecule has 0 spiro atoms. The van der Waals surface area contributed by atoms with Crippen molar-refractivity contribution in [3.8, 4) is 0 Å². The third-order valence-corrected chi connectivity index (χ3v) is 5.12. The van der Waals surface area contributed by atoms with Crippen LogP contribution in [0.25, 0.3) is 0 Å². The summed E-state index contributed by atoms with van der Waals surface area (Å²) in [6, 6.07) is 7.02. The second-order valence-electron chi connectivity index (χ2n) is 6.52. The van der Waals surface area contributed by atoms with E-state index in [1.807, 2.05) is 0 Å². The van der Waals surface area contributed by atoms with E-state index in [9.17, 15) is 19.8 Å². The predicted octanol–water partition coefficient (Wildman–Crippen LogP) is 3.05. The monoisotopic (exact) mass is 384 g/mol. The van der Waals surface area contributed by atoms with Gasteiger partial charge in [0.1, 0.15) is 0 Å². The second kappa shape index (κ2) is 9.09. The van der Waals surface area contributed by atoms with Gasteiger partial charge in [-0.3, -0.25) is 0 Å². The molecular weight excluding hydrogens is 360 g/mol. The number of carboxylic acid groups (broad SMARTS) is 1. The van der Waals surface area contributed by atoms with Crippen molar-refractivity contribution in [2.45, 2.75) is 31.3 Å². The first kappa shape index (κ1) is 20.3. The number of nitrogens with one attached hydrogen (secondary N) is 1. The third-order valence-electron chi connectivity index (χ3n) is 4.88. The molecule has 0 saturated carbocycles. The molecule has 8 heteroatoms. The number of ether oxygens (including phenoxy) is 1. The molecule has 2 unspecified atom stereocenters. The van der Waals surface area contributed by atoms with Crippen LogP contribution in [-0.2, 0) is 10.3 Å². The summed E-state index contributed by atoms with van der Waals surface area (Å²) < 4.78 is 4.54. The lowest BCUT2D eigenvalue weighted by Gasteiger charge is -2.42. The summed E-state index contributed by atoms with van der Waals surface area (Å²) in [4.78, 5) is 23.9. The van der Waals surface area contributed by atoms with Crippen LogP contribution in [0.1, 0.15) is 31.2 Å². The number of aliphatic hydroxyl groups is 1. The average molecular weight is 385 g/mol. The first-order valence-corrected chi connectivity index (χ1v) is 9.02. The zero-order valence-corrected chi connectivity index (χ0v) is 15.5. The number of amides is 2. The molecule has 2 rings (SSSR count). The maximum Gasteiger partial charge on any atom is 0.407 e. The van der Waals surface area contributed by atoms with Gasteiger partial charge in [0.2, 0.25) is 0 Å². The Hall–Kier alpha value is -1.99. The molecule has 7 nitrogen and oxygen atoms in total. The molecule has 1 aliphatic rings. The number of carbonyl (C=O) groups excluding carboxylic acids is 1. The van der Waals surface area contributed by atoms with Crippen molar-refractivity contribution in [3.63, 3.8) is 0 Å². The van der Waals surface area contributed by atoms with E-state index in [4.69, 9.17) is 11.6 Å². The van der Waals surface area contributed by atoms with Gasteiger partial charge in [0, 0.05) is 30.6 Å². The van der Waals surface area contributed by atoms with Crippen molar-refractivity contribution in [3.05, 3.63) is 34.9 Å². The van der Waals surface area contributed by atoms with Crippen LogP contribution in [0.4, 0.5) is 9.59 Å². The van der Waals surface area contributed by atoms with Crippen molar-refractivity contribution in [2.24, 2.45) is 5.92 Å². The van der Waals surface area contributed by atoms with Crippen molar-refractivity contribution >= 4 is 23.8 Å². The molecule has 3 N–H and O–H groups in total. The van der Waals surface area contributed by atoms with E-state index in [1.54, 1.807) is 24.3 Å². The molecule has 1 aromatic carbocycles. The Balaban J connectivity index is 2.18. The van der Waals surface area contributed by atoms with E-state index >= 15 is 0 Å².